The van der Waals surface area contributed by atoms with Crippen LogP contribution in [0.2, 0.25) is 0 Å². The van der Waals surface area contributed by atoms with Gasteiger partial charge < -0.3 is 48.5 Å². The summed E-state index contributed by atoms with van der Waals surface area (Å²) in [4.78, 5) is 67.4. The van der Waals surface area contributed by atoms with Crippen LogP contribution in [-0.2, 0) is 95.7 Å². The second kappa shape index (κ2) is 30.5. The third-order valence-electron chi connectivity index (χ3n) is 16.0. The summed E-state index contributed by atoms with van der Waals surface area (Å²) in [5, 5.41) is 6.43. The largest absolute Gasteiger partial charge is 0.483 e. The van der Waals surface area contributed by atoms with Crippen molar-refractivity contribution in [3.63, 3.8) is 0 Å². The van der Waals surface area contributed by atoms with E-state index < -0.39 is 29.4 Å². The summed E-state index contributed by atoms with van der Waals surface area (Å²) in [6, 6.07) is 24.5. The molecule has 490 valence electrons. The Morgan fingerprint density at radius 3 is 0.967 bits per heavy atom. The Kier molecular flexibility index (Phi) is 24.2. The van der Waals surface area contributed by atoms with E-state index in [4.69, 9.17) is 37.9 Å². The number of unbranched alkanes of at least 4 members (excludes halogenated alkanes) is 1. The lowest BCUT2D eigenvalue weighted by Crippen LogP contribution is -2.32. The highest BCUT2D eigenvalue weighted by molar-refractivity contribution is 5.79. The van der Waals surface area contributed by atoms with E-state index in [1.807, 2.05) is 12.1 Å². The number of ether oxygens (including phenoxy) is 8. The minimum atomic E-state index is -0.584. The highest BCUT2D eigenvalue weighted by Crippen LogP contribution is 2.45. The Labute approximate surface area is 536 Å². The normalized spacial score (nSPS) is 13.1. The minimum Gasteiger partial charge on any atom is -0.483 e. The Balaban J connectivity index is 1.57. The van der Waals surface area contributed by atoms with Gasteiger partial charge in [0, 0.05) is 37.9 Å². The van der Waals surface area contributed by atoms with Crippen LogP contribution >= 0.6 is 0 Å². The van der Waals surface area contributed by atoms with Crippen molar-refractivity contribution in [3.8, 4) is 23.0 Å². The molecule has 0 aromatic heterocycles. The Bertz CT molecular complexity index is 3190. The van der Waals surface area contributed by atoms with Crippen LogP contribution in [0.25, 0.3) is 0 Å². The first-order chi connectivity index (χ1) is 42.1. The average molecular weight is 1240 g/mol. The van der Waals surface area contributed by atoms with Gasteiger partial charge in [-0.3, -0.25) is 4.79 Å². The van der Waals surface area contributed by atoms with Crippen LogP contribution in [-0.4, -0.2) is 95.7 Å². The van der Waals surface area contributed by atoms with Gasteiger partial charge in [0.1, 0.15) is 29.0 Å². The van der Waals surface area contributed by atoms with E-state index in [0.717, 1.165) is 72.4 Å². The molecule has 2 N–H and O–H groups in total. The number of amides is 1. The van der Waals surface area contributed by atoms with Gasteiger partial charge in [-0.25, -0.2) is 19.2 Å². The number of hydrogen-bond donors (Lipinski definition) is 2. The van der Waals surface area contributed by atoms with Crippen molar-refractivity contribution >= 4 is 35.5 Å². The van der Waals surface area contributed by atoms with Gasteiger partial charge in [0.25, 0.3) is 5.91 Å². The number of nitrogens with one attached hydrogen (secondary N) is 2. The Morgan fingerprint density at radius 2 is 0.700 bits per heavy atom. The van der Waals surface area contributed by atoms with Crippen LogP contribution in [0.4, 0.5) is 5.69 Å². The molecule has 15 nitrogen and oxygen atoms in total. The fourth-order valence-corrected chi connectivity index (χ4v) is 10.9. The van der Waals surface area contributed by atoms with E-state index in [1.54, 1.807) is 20.8 Å². The van der Waals surface area contributed by atoms with Gasteiger partial charge in [-0.2, -0.15) is 0 Å². The lowest BCUT2D eigenvalue weighted by molar-refractivity contribution is -0.146. The molecule has 5 aromatic carbocycles. The van der Waals surface area contributed by atoms with Gasteiger partial charge in [-0.15, -0.1) is 0 Å². The standard InChI is InChI=1S/C75H102N2O13/c1-20-84-63(79)44-88-67-49-31-47-35-56(72(7,8)9)36-48(66(47)87-43-62(78)76-30-24-23-25-61(70(82)83-19)77-60-28-26-55(27-29-60)71(4,5)6)32-50-38-58(74(13,14)15)40-52(68(50)89-45-64(80)85-21-2)34-54-42-59(75(16,17)18)41-53(69(54)90-46-65(81)86-22-3)33-51(67)39-57(37-49)73(10,11)12/h26-29,35-42,61,77H,20-25,30-34,43-46H2,1-19H3,(H,76,78). The van der Waals surface area contributed by atoms with Crippen molar-refractivity contribution in [3.05, 3.63) is 145 Å². The maximum atomic E-state index is 14.2. The zero-order chi connectivity index (χ0) is 66.5. The zero-order valence-electron chi connectivity index (χ0n) is 57.4. The van der Waals surface area contributed by atoms with Gasteiger partial charge in [-0.1, -0.05) is 165 Å². The van der Waals surface area contributed by atoms with Gasteiger partial charge in [0.05, 0.1) is 26.9 Å². The number of carbonyl (C=O) groups is 5. The fraction of sp³-hybridized carbons (Fsp3) is 0.533. The van der Waals surface area contributed by atoms with Crippen molar-refractivity contribution in [2.24, 2.45) is 0 Å². The topological polar surface area (TPSA) is 183 Å². The van der Waals surface area contributed by atoms with Crippen molar-refractivity contribution in [2.45, 2.75) is 203 Å². The van der Waals surface area contributed by atoms with Gasteiger partial charge >= 0.3 is 23.9 Å². The molecule has 1 aliphatic carbocycles. The number of rotatable bonds is 23. The Hall–Kier alpha value is -7.55. The molecule has 0 fully saturated rings. The first-order valence-electron chi connectivity index (χ1n) is 32.0. The maximum Gasteiger partial charge on any atom is 0.344 e. The van der Waals surface area contributed by atoms with Gasteiger partial charge in [-0.05, 0) is 152 Å². The maximum absolute atomic E-state index is 14.2. The second-order valence-corrected chi connectivity index (χ2v) is 28.7. The molecule has 0 saturated heterocycles. The van der Waals surface area contributed by atoms with Crippen LogP contribution in [0, 0.1) is 0 Å². The third kappa shape index (κ3) is 20.0. The second-order valence-electron chi connectivity index (χ2n) is 28.7. The first kappa shape index (κ1) is 71.5. The molecule has 90 heavy (non-hydrogen) atoms. The third-order valence-corrected chi connectivity index (χ3v) is 16.0. The number of esters is 4. The summed E-state index contributed by atoms with van der Waals surface area (Å²) in [5.74, 6) is -0.364. The van der Waals surface area contributed by atoms with Crippen LogP contribution in [0.5, 0.6) is 23.0 Å². The van der Waals surface area contributed by atoms with Gasteiger partial charge in [0.15, 0.2) is 26.4 Å². The summed E-state index contributed by atoms with van der Waals surface area (Å²) < 4.78 is 48.8. The fourth-order valence-electron chi connectivity index (χ4n) is 10.9. The summed E-state index contributed by atoms with van der Waals surface area (Å²) in [6.45, 7) is 37.0. The van der Waals surface area contributed by atoms with E-state index in [2.05, 4.69) is 175 Å². The molecule has 0 saturated carbocycles. The molecule has 1 amide bonds. The molecule has 6 rings (SSSR count). The van der Waals surface area contributed by atoms with Crippen molar-refractivity contribution in [1.29, 1.82) is 0 Å². The lowest BCUT2D eigenvalue weighted by Gasteiger charge is -2.29. The molecular weight excluding hydrogens is 1140 g/mol. The molecule has 1 atom stereocenters. The molecule has 0 spiro atoms. The van der Waals surface area contributed by atoms with E-state index in [9.17, 15) is 24.0 Å². The number of methoxy groups -OCH3 is 1. The first-order valence-corrected chi connectivity index (χ1v) is 32.0. The van der Waals surface area contributed by atoms with E-state index in [0.29, 0.717) is 48.8 Å². The highest BCUT2D eigenvalue weighted by Gasteiger charge is 2.31. The van der Waals surface area contributed by atoms with Crippen molar-refractivity contribution in [1.82, 2.24) is 5.32 Å². The quantitative estimate of drug-likeness (QED) is 0.0351. The van der Waals surface area contributed by atoms with Crippen LogP contribution < -0.4 is 29.6 Å². The molecular formula is C75H102N2O13. The number of anilines is 1. The van der Waals surface area contributed by atoms with Crippen LogP contribution in [0.15, 0.2) is 72.8 Å². The number of benzene rings is 5. The van der Waals surface area contributed by atoms with Crippen LogP contribution in [0.3, 0.4) is 0 Å². The number of fused-ring (bicyclic) bond motifs is 8. The number of hydrogen-bond acceptors (Lipinski definition) is 14. The monoisotopic (exact) mass is 1240 g/mol. The predicted molar refractivity (Wildman–Crippen MR) is 355 cm³/mol. The molecule has 5 aromatic rings. The number of carbonyl (C=O) groups excluding carboxylic acids is 5. The van der Waals surface area contributed by atoms with E-state index in [1.165, 1.54) is 12.7 Å². The van der Waals surface area contributed by atoms with E-state index >= 15 is 0 Å². The van der Waals surface area contributed by atoms with E-state index in [-0.39, 0.29) is 105 Å². The predicted octanol–water partition coefficient (Wildman–Crippen LogP) is 14.0. The summed E-state index contributed by atoms with van der Waals surface area (Å²) in [5.41, 5.74) is 10.6. The average Bonchev–Trinajstić information content (AvgIpc) is 1.10. The molecule has 0 heterocycles. The molecule has 1 unspecified atom stereocenters. The van der Waals surface area contributed by atoms with Crippen molar-refractivity contribution in [2.75, 3.05) is 65.2 Å². The lowest BCUT2D eigenvalue weighted by atomic mass is 9.79. The summed E-state index contributed by atoms with van der Waals surface area (Å²) in [7, 11) is 1.38. The smallest absolute Gasteiger partial charge is 0.344 e. The zero-order valence-corrected chi connectivity index (χ0v) is 57.4. The molecule has 15 heteroatoms. The minimum absolute atomic E-state index is 0.0159. The van der Waals surface area contributed by atoms with Gasteiger partial charge in [0.2, 0.25) is 0 Å². The molecule has 0 aliphatic heterocycles. The molecule has 0 radical (unpaired) electrons. The highest BCUT2D eigenvalue weighted by atomic mass is 16.6. The van der Waals surface area contributed by atoms with Crippen molar-refractivity contribution < 1.29 is 61.9 Å². The summed E-state index contributed by atoms with van der Waals surface area (Å²) in [6.07, 6.45) is 2.64. The Morgan fingerprint density at radius 1 is 0.411 bits per heavy atom. The van der Waals surface area contributed by atoms with Crippen LogP contribution in [0.1, 0.15) is 216 Å². The molecule has 8 bridgehead atoms. The SMILES string of the molecule is CCOC(=O)COc1c2cc(C(C)(C)C)cc1Cc1cc(C(C)(C)C)cc(c1OCC(=O)OCC)Cc1cc(C(C)(C)C)cc(c1OCC(=O)OCC)Cc1cc(C(C)(C)C)cc(c1OCC(=O)NCCCCC(Nc1ccc(C(C)(C)C)cc1)C(=O)OC)C2. The summed E-state index contributed by atoms with van der Waals surface area (Å²) >= 11 is 0. The molecule has 1 aliphatic rings.